The summed E-state index contributed by atoms with van der Waals surface area (Å²) >= 11 is 1.64. The van der Waals surface area contributed by atoms with E-state index in [2.05, 4.69) is 10.6 Å². The van der Waals surface area contributed by atoms with Crippen molar-refractivity contribution in [3.05, 3.63) is 22.4 Å². The third-order valence-corrected chi connectivity index (χ3v) is 3.77. The van der Waals surface area contributed by atoms with Crippen molar-refractivity contribution >= 4 is 17.2 Å². The smallest absolute Gasteiger partial charge is 0.225 e. The molecule has 2 rings (SSSR count). The molecule has 1 atom stereocenters. The van der Waals surface area contributed by atoms with Crippen molar-refractivity contribution < 1.29 is 4.79 Å². The van der Waals surface area contributed by atoms with Crippen molar-refractivity contribution in [2.45, 2.75) is 31.7 Å². The van der Waals surface area contributed by atoms with Gasteiger partial charge in [-0.05, 0) is 37.3 Å². The highest BCUT2D eigenvalue weighted by Crippen LogP contribution is 2.09. The molecule has 0 aromatic carbocycles. The molecule has 2 N–H and O–H groups in total. The minimum Gasteiger partial charge on any atom is -0.356 e. The molecule has 16 heavy (non-hydrogen) atoms. The Morgan fingerprint density at radius 3 is 3.25 bits per heavy atom. The largest absolute Gasteiger partial charge is 0.356 e. The van der Waals surface area contributed by atoms with Crippen LogP contribution in [0.25, 0.3) is 0 Å². The summed E-state index contributed by atoms with van der Waals surface area (Å²) in [6.45, 7) is 1.93. The zero-order valence-electron chi connectivity index (χ0n) is 9.37. The molecular formula is C12H18N2OS. The minimum absolute atomic E-state index is 0.139. The summed E-state index contributed by atoms with van der Waals surface area (Å²) < 4.78 is 0. The highest BCUT2D eigenvalue weighted by molar-refractivity contribution is 7.10. The molecule has 0 bridgehead atoms. The molecule has 3 nitrogen and oxygen atoms in total. The molecule has 0 radical (unpaired) electrons. The van der Waals surface area contributed by atoms with Crippen LogP contribution in [0.5, 0.6) is 0 Å². The number of hydrogen-bond acceptors (Lipinski definition) is 3. The Kier molecular flexibility index (Phi) is 4.36. The molecule has 1 unspecified atom stereocenters. The maximum atomic E-state index is 11.6. The summed E-state index contributed by atoms with van der Waals surface area (Å²) in [5, 5.41) is 8.41. The Balaban J connectivity index is 1.60. The lowest BCUT2D eigenvalue weighted by atomic mass is 10.1. The van der Waals surface area contributed by atoms with Gasteiger partial charge in [-0.15, -0.1) is 11.3 Å². The Morgan fingerprint density at radius 1 is 1.62 bits per heavy atom. The molecule has 1 saturated heterocycles. The predicted molar refractivity (Wildman–Crippen MR) is 66.7 cm³/mol. The summed E-state index contributed by atoms with van der Waals surface area (Å²) in [6, 6.07) is 4.60. The van der Waals surface area contributed by atoms with E-state index in [9.17, 15) is 4.79 Å². The summed E-state index contributed by atoms with van der Waals surface area (Å²) in [7, 11) is 0. The summed E-state index contributed by atoms with van der Waals surface area (Å²) in [5.74, 6) is 0.139. The monoisotopic (exact) mass is 238 g/mol. The summed E-state index contributed by atoms with van der Waals surface area (Å²) in [4.78, 5) is 12.7. The molecule has 1 fully saturated rings. The van der Waals surface area contributed by atoms with Gasteiger partial charge < -0.3 is 10.6 Å². The lowest BCUT2D eigenvalue weighted by Gasteiger charge is -2.10. The van der Waals surface area contributed by atoms with E-state index in [0.29, 0.717) is 12.5 Å². The zero-order valence-corrected chi connectivity index (χ0v) is 10.2. The van der Waals surface area contributed by atoms with Crippen LogP contribution in [-0.2, 0) is 11.2 Å². The minimum atomic E-state index is 0.139. The van der Waals surface area contributed by atoms with E-state index in [1.807, 2.05) is 17.5 Å². The van der Waals surface area contributed by atoms with Gasteiger partial charge in [-0.2, -0.15) is 0 Å². The lowest BCUT2D eigenvalue weighted by molar-refractivity contribution is -0.120. The number of nitrogens with one attached hydrogen (secondary N) is 2. The van der Waals surface area contributed by atoms with E-state index in [1.54, 1.807) is 11.3 Å². The van der Waals surface area contributed by atoms with Crippen molar-refractivity contribution in [1.82, 2.24) is 10.6 Å². The first-order valence-electron chi connectivity index (χ1n) is 5.87. The van der Waals surface area contributed by atoms with Crippen molar-refractivity contribution in [3.8, 4) is 0 Å². The number of thiophene rings is 1. The first kappa shape index (κ1) is 11.6. The molecule has 0 aliphatic carbocycles. The van der Waals surface area contributed by atoms with Gasteiger partial charge in [-0.1, -0.05) is 6.07 Å². The summed E-state index contributed by atoms with van der Waals surface area (Å²) in [5.41, 5.74) is 0. The van der Waals surface area contributed by atoms with Crippen LogP contribution >= 0.6 is 11.3 Å². The highest BCUT2D eigenvalue weighted by Gasteiger charge is 2.13. The molecule has 0 saturated carbocycles. The predicted octanol–water partition coefficient (Wildman–Crippen LogP) is 1.55. The van der Waals surface area contributed by atoms with Crippen LogP contribution in [0.1, 0.15) is 24.1 Å². The Hall–Kier alpha value is -0.870. The van der Waals surface area contributed by atoms with E-state index in [-0.39, 0.29) is 5.91 Å². The summed E-state index contributed by atoms with van der Waals surface area (Å²) in [6.07, 6.45) is 4.10. The third kappa shape index (κ3) is 3.61. The van der Waals surface area contributed by atoms with Gasteiger partial charge in [0.15, 0.2) is 0 Å². The zero-order chi connectivity index (χ0) is 11.2. The van der Waals surface area contributed by atoms with Gasteiger partial charge in [0.25, 0.3) is 0 Å². The van der Waals surface area contributed by atoms with Crippen LogP contribution in [0.3, 0.4) is 0 Å². The van der Waals surface area contributed by atoms with Crippen molar-refractivity contribution in [2.24, 2.45) is 0 Å². The first-order chi connectivity index (χ1) is 7.84. The van der Waals surface area contributed by atoms with Crippen LogP contribution in [0.15, 0.2) is 17.5 Å². The molecule has 88 valence electrons. The normalized spacial score (nSPS) is 19.9. The molecule has 2 heterocycles. The van der Waals surface area contributed by atoms with Crippen molar-refractivity contribution in [3.63, 3.8) is 0 Å². The fourth-order valence-electron chi connectivity index (χ4n) is 2.02. The van der Waals surface area contributed by atoms with E-state index in [1.165, 1.54) is 12.8 Å². The second-order valence-electron chi connectivity index (χ2n) is 4.19. The SMILES string of the molecule is O=C(Cc1cccs1)NCCC1CCCN1. The number of rotatable bonds is 5. The molecule has 0 spiro atoms. The van der Waals surface area contributed by atoms with Crippen LogP contribution < -0.4 is 10.6 Å². The number of carbonyl (C=O) groups excluding carboxylic acids is 1. The van der Waals surface area contributed by atoms with E-state index in [4.69, 9.17) is 0 Å². The second-order valence-corrected chi connectivity index (χ2v) is 5.22. The van der Waals surface area contributed by atoms with Crippen molar-refractivity contribution in [1.29, 1.82) is 0 Å². The van der Waals surface area contributed by atoms with Gasteiger partial charge in [0.05, 0.1) is 6.42 Å². The van der Waals surface area contributed by atoms with Crippen LogP contribution in [0.4, 0.5) is 0 Å². The number of hydrogen-bond donors (Lipinski definition) is 2. The molecule has 4 heteroatoms. The molecule has 1 aliphatic heterocycles. The van der Waals surface area contributed by atoms with Gasteiger partial charge in [-0.25, -0.2) is 0 Å². The van der Waals surface area contributed by atoms with E-state index < -0.39 is 0 Å². The quantitative estimate of drug-likeness (QED) is 0.817. The maximum absolute atomic E-state index is 11.6. The fourth-order valence-corrected chi connectivity index (χ4v) is 2.73. The average molecular weight is 238 g/mol. The van der Waals surface area contributed by atoms with Crippen LogP contribution in [-0.4, -0.2) is 25.0 Å². The number of carbonyl (C=O) groups is 1. The van der Waals surface area contributed by atoms with Gasteiger partial charge in [-0.3, -0.25) is 4.79 Å². The van der Waals surface area contributed by atoms with Gasteiger partial charge >= 0.3 is 0 Å². The topological polar surface area (TPSA) is 41.1 Å². The van der Waals surface area contributed by atoms with E-state index >= 15 is 0 Å². The van der Waals surface area contributed by atoms with Gasteiger partial charge in [0.1, 0.15) is 0 Å². The first-order valence-corrected chi connectivity index (χ1v) is 6.75. The van der Waals surface area contributed by atoms with Gasteiger partial charge in [0.2, 0.25) is 5.91 Å². The lowest BCUT2D eigenvalue weighted by Crippen LogP contribution is -2.31. The molecular weight excluding hydrogens is 220 g/mol. The fraction of sp³-hybridized carbons (Fsp3) is 0.583. The molecule has 1 aliphatic rings. The third-order valence-electron chi connectivity index (χ3n) is 2.89. The Morgan fingerprint density at radius 2 is 2.56 bits per heavy atom. The van der Waals surface area contributed by atoms with Crippen molar-refractivity contribution in [2.75, 3.05) is 13.1 Å². The highest BCUT2D eigenvalue weighted by atomic mass is 32.1. The molecule has 1 amide bonds. The second kappa shape index (κ2) is 6.01. The molecule has 1 aromatic rings. The van der Waals surface area contributed by atoms with Crippen LogP contribution in [0, 0.1) is 0 Å². The standard InChI is InChI=1S/C12H18N2OS/c15-12(9-11-4-2-8-16-11)14-7-5-10-3-1-6-13-10/h2,4,8,10,13H,1,3,5-7,9H2,(H,14,15). The van der Waals surface area contributed by atoms with Crippen LogP contribution in [0.2, 0.25) is 0 Å². The van der Waals surface area contributed by atoms with E-state index in [0.717, 1.165) is 24.4 Å². The average Bonchev–Trinajstić information content (AvgIpc) is 2.90. The number of amides is 1. The maximum Gasteiger partial charge on any atom is 0.225 e. The Labute approximate surface area is 100 Å². The van der Waals surface area contributed by atoms with Gasteiger partial charge in [0, 0.05) is 17.5 Å². The Bertz CT molecular complexity index is 318. The molecule has 1 aromatic heterocycles.